The number of halogens is 2. The summed E-state index contributed by atoms with van der Waals surface area (Å²) in [6, 6.07) is 6.52. The first-order chi connectivity index (χ1) is 10.1. The predicted octanol–water partition coefficient (Wildman–Crippen LogP) is 3.55. The molecule has 0 aromatic heterocycles. The largest absolute Gasteiger partial charge is 0.333 e. The maximum atomic E-state index is 13.4. The van der Waals surface area contributed by atoms with Crippen LogP contribution in [0.15, 0.2) is 24.3 Å². The minimum Gasteiger partial charge on any atom is -0.333 e. The van der Waals surface area contributed by atoms with Crippen LogP contribution in [0.25, 0.3) is 0 Å². The summed E-state index contributed by atoms with van der Waals surface area (Å²) in [7, 11) is 0. The highest BCUT2D eigenvalue weighted by molar-refractivity contribution is 5.85. The van der Waals surface area contributed by atoms with Crippen molar-refractivity contribution >= 4 is 18.3 Å². The van der Waals surface area contributed by atoms with E-state index in [4.69, 9.17) is 0 Å². The zero-order valence-electron chi connectivity index (χ0n) is 13.3. The molecule has 0 spiro atoms. The van der Waals surface area contributed by atoms with Crippen molar-refractivity contribution in [1.82, 2.24) is 10.2 Å². The van der Waals surface area contributed by atoms with Crippen molar-refractivity contribution < 1.29 is 9.18 Å². The highest BCUT2D eigenvalue weighted by Gasteiger charge is 2.28. The lowest BCUT2D eigenvalue weighted by molar-refractivity contribution is -0.135. The summed E-state index contributed by atoms with van der Waals surface area (Å²) in [6.45, 7) is 6.46. The standard InChI is InChI=1S/C17H25FN2O.ClH/c1-3-5-13(2)10-17(21)20-9-8-19-12-16(20)14-6-4-7-15(18)11-14;/h4,6-7,11,13,16,19H,3,5,8-10,12H2,1-2H3;1H. The second-order valence-electron chi connectivity index (χ2n) is 5.96. The number of rotatable bonds is 5. The number of carbonyl (C=O) groups excluding carboxylic acids is 1. The fourth-order valence-corrected chi connectivity index (χ4v) is 3.02. The summed E-state index contributed by atoms with van der Waals surface area (Å²) in [4.78, 5) is 14.5. The third kappa shape index (κ3) is 4.96. The molecule has 2 atom stereocenters. The van der Waals surface area contributed by atoms with Gasteiger partial charge in [-0.2, -0.15) is 0 Å². The van der Waals surface area contributed by atoms with Crippen LogP contribution in [0.1, 0.15) is 44.7 Å². The van der Waals surface area contributed by atoms with Gasteiger partial charge in [-0.1, -0.05) is 38.8 Å². The van der Waals surface area contributed by atoms with Gasteiger partial charge in [0.15, 0.2) is 0 Å². The summed E-state index contributed by atoms with van der Waals surface area (Å²) >= 11 is 0. The van der Waals surface area contributed by atoms with Crippen molar-refractivity contribution in [3.63, 3.8) is 0 Å². The molecule has 3 nitrogen and oxygen atoms in total. The molecule has 1 saturated heterocycles. The topological polar surface area (TPSA) is 32.3 Å². The summed E-state index contributed by atoms with van der Waals surface area (Å²) in [5, 5.41) is 3.30. The number of carbonyl (C=O) groups is 1. The van der Waals surface area contributed by atoms with Crippen LogP contribution in [0, 0.1) is 11.7 Å². The average molecular weight is 329 g/mol. The van der Waals surface area contributed by atoms with Crippen LogP contribution in [0.5, 0.6) is 0 Å². The van der Waals surface area contributed by atoms with Crippen LogP contribution in [0.2, 0.25) is 0 Å². The molecule has 0 aliphatic carbocycles. The fraction of sp³-hybridized carbons (Fsp3) is 0.588. The lowest BCUT2D eigenvalue weighted by atomic mass is 9.98. The van der Waals surface area contributed by atoms with Crippen molar-refractivity contribution in [3.05, 3.63) is 35.6 Å². The normalized spacial score (nSPS) is 19.4. The number of benzene rings is 1. The van der Waals surface area contributed by atoms with Crippen molar-refractivity contribution in [1.29, 1.82) is 0 Å². The number of nitrogens with one attached hydrogen (secondary N) is 1. The number of piperazine rings is 1. The molecule has 5 heteroatoms. The molecule has 1 aliphatic heterocycles. The molecule has 124 valence electrons. The van der Waals surface area contributed by atoms with E-state index in [2.05, 4.69) is 19.2 Å². The lowest BCUT2D eigenvalue weighted by Gasteiger charge is -2.37. The highest BCUT2D eigenvalue weighted by atomic mass is 35.5. The van der Waals surface area contributed by atoms with E-state index in [0.29, 0.717) is 25.4 Å². The van der Waals surface area contributed by atoms with Gasteiger partial charge < -0.3 is 10.2 Å². The van der Waals surface area contributed by atoms with Gasteiger partial charge in [-0.05, 0) is 23.6 Å². The van der Waals surface area contributed by atoms with Gasteiger partial charge >= 0.3 is 0 Å². The Hall–Kier alpha value is -1.13. The number of amides is 1. The van der Waals surface area contributed by atoms with Gasteiger partial charge in [0, 0.05) is 26.1 Å². The Morgan fingerprint density at radius 1 is 1.50 bits per heavy atom. The van der Waals surface area contributed by atoms with Crippen molar-refractivity contribution in [2.75, 3.05) is 19.6 Å². The molecule has 22 heavy (non-hydrogen) atoms. The second kappa shape index (κ2) is 9.11. The number of hydrogen-bond donors (Lipinski definition) is 1. The monoisotopic (exact) mass is 328 g/mol. The number of hydrogen-bond acceptors (Lipinski definition) is 2. The maximum absolute atomic E-state index is 13.4. The van der Waals surface area contributed by atoms with Gasteiger partial charge in [-0.25, -0.2) is 4.39 Å². The SMILES string of the molecule is CCCC(C)CC(=O)N1CCNCC1c1cccc(F)c1.Cl. The molecule has 2 rings (SSSR count). The molecule has 1 aliphatic rings. The Bertz CT molecular complexity index is 483. The van der Waals surface area contributed by atoms with Gasteiger partial charge in [-0.15, -0.1) is 12.4 Å². The molecule has 1 aromatic carbocycles. The molecule has 1 amide bonds. The van der Waals surface area contributed by atoms with E-state index >= 15 is 0 Å². The molecular formula is C17H26ClFN2O. The Morgan fingerprint density at radius 3 is 2.95 bits per heavy atom. The van der Waals surface area contributed by atoms with E-state index in [9.17, 15) is 9.18 Å². The quantitative estimate of drug-likeness (QED) is 0.896. The molecule has 0 bridgehead atoms. The Labute approximate surface area is 138 Å². The van der Waals surface area contributed by atoms with E-state index < -0.39 is 0 Å². The predicted molar refractivity (Wildman–Crippen MR) is 89.7 cm³/mol. The summed E-state index contributed by atoms with van der Waals surface area (Å²) < 4.78 is 13.4. The number of nitrogens with zero attached hydrogens (tertiary/aromatic N) is 1. The summed E-state index contributed by atoms with van der Waals surface area (Å²) in [5.74, 6) is 0.349. The van der Waals surface area contributed by atoms with Crippen LogP contribution >= 0.6 is 12.4 Å². The minimum atomic E-state index is -0.246. The molecular weight excluding hydrogens is 303 g/mol. The van der Waals surface area contributed by atoms with E-state index in [1.54, 1.807) is 6.07 Å². The Morgan fingerprint density at radius 2 is 2.27 bits per heavy atom. The van der Waals surface area contributed by atoms with E-state index in [0.717, 1.165) is 24.9 Å². The van der Waals surface area contributed by atoms with Gasteiger partial charge in [0.2, 0.25) is 5.91 Å². The van der Waals surface area contributed by atoms with Gasteiger partial charge in [0.05, 0.1) is 6.04 Å². The minimum absolute atomic E-state index is 0. The first-order valence-corrected chi connectivity index (χ1v) is 7.87. The van der Waals surface area contributed by atoms with E-state index in [-0.39, 0.29) is 30.2 Å². The van der Waals surface area contributed by atoms with Crippen LogP contribution in [-0.2, 0) is 4.79 Å². The van der Waals surface area contributed by atoms with E-state index in [1.165, 1.54) is 12.1 Å². The molecule has 1 aromatic rings. The highest BCUT2D eigenvalue weighted by Crippen LogP contribution is 2.25. The van der Waals surface area contributed by atoms with Gasteiger partial charge in [0.25, 0.3) is 0 Å². The van der Waals surface area contributed by atoms with Crippen LogP contribution in [0.4, 0.5) is 4.39 Å². The summed E-state index contributed by atoms with van der Waals surface area (Å²) in [6.07, 6.45) is 2.76. The molecule has 0 saturated carbocycles. The van der Waals surface area contributed by atoms with Crippen LogP contribution < -0.4 is 5.32 Å². The second-order valence-corrected chi connectivity index (χ2v) is 5.96. The lowest BCUT2D eigenvalue weighted by Crippen LogP contribution is -2.49. The zero-order valence-corrected chi connectivity index (χ0v) is 14.2. The third-order valence-electron chi connectivity index (χ3n) is 4.10. The summed E-state index contributed by atoms with van der Waals surface area (Å²) in [5.41, 5.74) is 0.874. The van der Waals surface area contributed by atoms with Crippen molar-refractivity contribution in [3.8, 4) is 0 Å². The third-order valence-corrected chi connectivity index (χ3v) is 4.10. The molecule has 1 fully saturated rings. The zero-order chi connectivity index (χ0) is 15.2. The molecule has 0 radical (unpaired) electrons. The smallest absolute Gasteiger partial charge is 0.223 e. The van der Waals surface area contributed by atoms with E-state index in [1.807, 2.05) is 11.0 Å². The van der Waals surface area contributed by atoms with Crippen LogP contribution in [-0.4, -0.2) is 30.4 Å². The molecule has 1 N–H and O–H groups in total. The molecule has 1 heterocycles. The Balaban J connectivity index is 0.00000242. The van der Waals surface area contributed by atoms with Crippen molar-refractivity contribution in [2.45, 2.75) is 39.2 Å². The first-order valence-electron chi connectivity index (χ1n) is 7.87. The van der Waals surface area contributed by atoms with Crippen LogP contribution in [0.3, 0.4) is 0 Å². The van der Waals surface area contributed by atoms with Gasteiger partial charge in [0.1, 0.15) is 5.82 Å². The van der Waals surface area contributed by atoms with Crippen molar-refractivity contribution in [2.24, 2.45) is 5.92 Å². The Kier molecular flexibility index (Phi) is 7.83. The van der Waals surface area contributed by atoms with Gasteiger partial charge in [-0.3, -0.25) is 4.79 Å². The average Bonchev–Trinajstić information content (AvgIpc) is 2.47. The fourth-order valence-electron chi connectivity index (χ4n) is 3.02. The maximum Gasteiger partial charge on any atom is 0.223 e. The first kappa shape index (κ1) is 18.9. The molecule has 2 unspecified atom stereocenters.